The molecule has 0 bridgehead atoms. The molecule has 2 fully saturated rings. The van der Waals surface area contributed by atoms with E-state index in [1.54, 1.807) is 7.11 Å². The Balaban J connectivity index is 1.67. The Bertz CT molecular complexity index is 458. The Kier molecular flexibility index (Phi) is 3.92. The summed E-state index contributed by atoms with van der Waals surface area (Å²) in [6.07, 6.45) is 2.25. The van der Waals surface area contributed by atoms with Gasteiger partial charge in [0.25, 0.3) is 5.91 Å². The van der Waals surface area contributed by atoms with Gasteiger partial charge in [-0.25, -0.2) is 0 Å². The van der Waals surface area contributed by atoms with Gasteiger partial charge in [0, 0.05) is 18.7 Å². The molecule has 2 aliphatic rings. The number of benzene rings is 1. The minimum absolute atomic E-state index is 0.153. The van der Waals surface area contributed by atoms with Crippen LogP contribution < -0.4 is 10.1 Å². The van der Waals surface area contributed by atoms with Crippen molar-refractivity contribution >= 4 is 5.91 Å². The van der Waals surface area contributed by atoms with Crippen LogP contribution in [-0.2, 0) is 0 Å². The molecule has 0 radical (unpaired) electrons. The summed E-state index contributed by atoms with van der Waals surface area (Å²) >= 11 is 0. The lowest BCUT2D eigenvalue weighted by molar-refractivity contribution is 0.0758. The normalized spacial score (nSPS) is 25.9. The van der Waals surface area contributed by atoms with Gasteiger partial charge in [-0.15, -0.1) is 0 Å². The number of hydrogen-bond donors (Lipinski definition) is 1. The first-order valence-electron chi connectivity index (χ1n) is 7.42. The van der Waals surface area contributed by atoms with Crippen LogP contribution in [0.2, 0.25) is 0 Å². The van der Waals surface area contributed by atoms with Crippen LogP contribution in [0, 0.1) is 11.8 Å². The molecule has 1 aromatic rings. The van der Waals surface area contributed by atoms with Gasteiger partial charge in [0.15, 0.2) is 0 Å². The molecule has 0 unspecified atom stereocenters. The lowest BCUT2D eigenvalue weighted by atomic mass is 9.92. The van der Waals surface area contributed by atoms with Crippen molar-refractivity contribution < 1.29 is 9.53 Å². The van der Waals surface area contributed by atoms with Gasteiger partial charge in [-0.05, 0) is 62.0 Å². The lowest BCUT2D eigenvalue weighted by Gasteiger charge is -2.21. The Hall–Kier alpha value is -1.55. The molecule has 2 atom stereocenters. The monoisotopic (exact) mass is 274 g/mol. The number of nitrogens with zero attached hydrogens (tertiary/aromatic N) is 1. The number of carbonyl (C=O) groups is 1. The molecule has 3 rings (SSSR count). The highest BCUT2D eigenvalue weighted by atomic mass is 16.5. The number of fused-ring (bicyclic) bond motifs is 1. The number of hydrogen-bond acceptors (Lipinski definition) is 3. The third-order valence-corrected chi connectivity index (χ3v) is 4.64. The highest BCUT2D eigenvalue weighted by Crippen LogP contribution is 2.27. The van der Waals surface area contributed by atoms with Crippen molar-refractivity contribution in [2.75, 3.05) is 33.3 Å². The summed E-state index contributed by atoms with van der Waals surface area (Å²) in [6.45, 7) is 4.01. The highest BCUT2D eigenvalue weighted by Gasteiger charge is 2.31. The summed E-state index contributed by atoms with van der Waals surface area (Å²) < 4.78 is 5.13. The fourth-order valence-electron chi connectivity index (χ4n) is 3.34. The van der Waals surface area contributed by atoms with Crippen molar-refractivity contribution in [2.24, 2.45) is 11.8 Å². The molecule has 20 heavy (non-hydrogen) atoms. The maximum atomic E-state index is 12.5. The SMILES string of the molecule is COc1ccc(C(=O)N2CC[C@@H]3CNC[C@@H]3CC2)cc1. The van der Waals surface area contributed by atoms with Gasteiger partial charge in [0.05, 0.1) is 7.11 Å². The molecule has 0 aromatic heterocycles. The van der Waals surface area contributed by atoms with Crippen molar-refractivity contribution in [1.82, 2.24) is 10.2 Å². The van der Waals surface area contributed by atoms with Crippen LogP contribution >= 0.6 is 0 Å². The number of likely N-dealkylation sites (tertiary alicyclic amines) is 1. The molecule has 1 aromatic carbocycles. The maximum absolute atomic E-state index is 12.5. The minimum atomic E-state index is 0.153. The molecule has 2 aliphatic heterocycles. The van der Waals surface area contributed by atoms with Gasteiger partial charge in [0.1, 0.15) is 5.75 Å². The molecular formula is C16H22N2O2. The van der Waals surface area contributed by atoms with Crippen LogP contribution in [0.15, 0.2) is 24.3 Å². The van der Waals surface area contributed by atoms with Crippen LogP contribution in [0.25, 0.3) is 0 Å². The zero-order valence-corrected chi connectivity index (χ0v) is 12.0. The average Bonchev–Trinajstić information content (AvgIpc) is 2.85. The van der Waals surface area contributed by atoms with Gasteiger partial charge in [-0.1, -0.05) is 0 Å². The molecular weight excluding hydrogens is 252 g/mol. The Morgan fingerprint density at radius 3 is 2.30 bits per heavy atom. The second-order valence-electron chi connectivity index (χ2n) is 5.78. The van der Waals surface area contributed by atoms with Crippen LogP contribution in [0.4, 0.5) is 0 Å². The summed E-state index contributed by atoms with van der Waals surface area (Å²) in [4.78, 5) is 14.6. The number of ether oxygens (including phenoxy) is 1. The predicted octanol–water partition coefficient (Wildman–Crippen LogP) is 1.77. The van der Waals surface area contributed by atoms with E-state index in [2.05, 4.69) is 5.32 Å². The molecule has 2 heterocycles. The molecule has 2 saturated heterocycles. The van der Waals surface area contributed by atoms with Gasteiger partial charge in [-0.2, -0.15) is 0 Å². The zero-order valence-electron chi connectivity index (χ0n) is 12.0. The second kappa shape index (κ2) is 5.83. The predicted molar refractivity (Wildman–Crippen MR) is 78.0 cm³/mol. The van der Waals surface area contributed by atoms with E-state index in [9.17, 15) is 4.79 Å². The molecule has 1 N–H and O–H groups in total. The van der Waals surface area contributed by atoms with Gasteiger partial charge in [0.2, 0.25) is 0 Å². The molecule has 4 heteroatoms. The van der Waals surface area contributed by atoms with Gasteiger partial charge in [-0.3, -0.25) is 4.79 Å². The smallest absolute Gasteiger partial charge is 0.253 e. The highest BCUT2D eigenvalue weighted by molar-refractivity contribution is 5.94. The van der Waals surface area contributed by atoms with Crippen LogP contribution in [0.3, 0.4) is 0 Å². The molecule has 0 aliphatic carbocycles. The van der Waals surface area contributed by atoms with E-state index < -0.39 is 0 Å². The lowest BCUT2D eigenvalue weighted by Crippen LogP contribution is -2.32. The number of rotatable bonds is 2. The van der Waals surface area contributed by atoms with Gasteiger partial charge < -0.3 is 15.0 Å². The molecule has 108 valence electrons. The number of nitrogens with one attached hydrogen (secondary N) is 1. The molecule has 0 saturated carbocycles. The zero-order chi connectivity index (χ0) is 13.9. The van der Waals surface area contributed by atoms with Crippen molar-refractivity contribution in [1.29, 1.82) is 0 Å². The largest absolute Gasteiger partial charge is 0.497 e. The van der Waals surface area contributed by atoms with E-state index in [1.807, 2.05) is 29.2 Å². The van der Waals surface area contributed by atoms with E-state index in [0.29, 0.717) is 0 Å². The summed E-state index contributed by atoms with van der Waals surface area (Å²) in [7, 11) is 1.64. The van der Waals surface area contributed by atoms with Crippen LogP contribution in [-0.4, -0.2) is 44.1 Å². The molecule has 4 nitrogen and oxygen atoms in total. The van der Waals surface area contributed by atoms with Crippen molar-refractivity contribution in [2.45, 2.75) is 12.8 Å². The van der Waals surface area contributed by atoms with Crippen molar-refractivity contribution in [3.63, 3.8) is 0 Å². The third-order valence-electron chi connectivity index (χ3n) is 4.64. The first-order chi connectivity index (χ1) is 9.78. The fourth-order valence-corrected chi connectivity index (χ4v) is 3.34. The van der Waals surface area contributed by atoms with E-state index in [1.165, 1.54) is 0 Å². The Morgan fingerprint density at radius 2 is 1.75 bits per heavy atom. The van der Waals surface area contributed by atoms with Crippen molar-refractivity contribution in [3.05, 3.63) is 29.8 Å². The third kappa shape index (κ3) is 2.66. The number of carbonyl (C=O) groups excluding carboxylic acids is 1. The van der Waals surface area contributed by atoms with E-state index in [-0.39, 0.29) is 5.91 Å². The van der Waals surface area contributed by atoms with Gasteiger partial charge >= 0.3 is 0 Å². The first kappa shape index (κ1) is 13.4. The van der Waals surface area contributed by atoms with Crippen LogP contribution in [0.5, 0.6) is 5.75 Å². The molecule has 0 spiro atoms. The van der Waals surface area contributed by atoms with E-state index >= 15 is 0 Å². The summed E-state index contributed by atoms with van der Waals surface area (Å²) in [5.41, 5.74) is 0.760. The number of methoxy groups -OCH3 is 1. The quantitative estimate of drug-likeness (QED) is 0.893. The fraction of sp³-hybridized carbons (Fsp3) is 0.562. The summed E-state index contributed by atoms with van der Waals surface area (Å²) in [5.74, 6) is 2.45. The summed E-state index contributed by atoms with van der Waals surface area (Å²) in [5, 5.41) is 3.46. The van der Waals surface area contributed by atoms with Crippen LogP contribution in [0.1, 0.15) is 23.2 Å². The standard InChI is InChI=1S/C16H22N2O2/c1-20-15-4-2-12(3-5-15)16(19)18-8-6-13-10-17-11-14(13)7-9-18/h2-5,13-14,17H,6-11H2,1H3/t13-,14+. The second-order valence-corrected chi connectivity index (χ2v) is 5.78. The first-order valence-corrected chi connectivity index (χ1v) is 7.42. The van der Waals surface area contributed by atoms with E-state index in [4.69, 9.17) is 4.74 Å². The minimum Gasteiger partial charge on any atom is -0.497 e. The Morgan fingerprint density at radius 1 is 1.15 bits per heavy atom. The van der Waals surface area contributed by atoms with Crippen molar-refractivity contribution in [3.8, 4) is 5.75 Å². The maximum Gasteiger partial charge on any atom is 0.253 e. The topological polar surface area (TPSA) is 41.6 Å². The number of amides is 1. The summed E-state index contributed by atoms with van der Waals surface area (Å²) in [6, 6.07) is 7.41. The van der Waals surface area contributed by atoms with E-state index in [0.717, 1.165) is 62.2 Å². The molecule has 1 amide bonds. The average molecular weight is 274 g/mol. The Labute approximate surface area is 120 Å².